The van der Waals surface area contributed by atoms with Crippen molar-refractivity contribution in [2.45, 2.75) is 20.3 Å². The monoisotopic (exact) mass is 193 g/mol. The molecule has 0 unspecified atom stereocenters. The van der Waals surface area contributed by atoms with E-state index in [1.54, 1.807) is 0 Å². The lowest BCUT2D eigenvalue weighted by atomic mass is 10.0. The second-order valence-electron chi connectivity index (χ2n) is 3.51. The molecular formula is C12H19NO. The zero-order chi connectivity index (χ0) is 10.4. The average molecular weight is 193 g/mol. The zero-order valence-electron chi connectivity index (χ0n) is 9.05. The van der Waals surface area contributed by atoms with Gasteiger partial charge in [-0.05, 0) is 37.0 Å². The Morgan fingerprint density at radius 1 is 1.21 bits per heavy atom. The van der Waals surface area contributed by atoms with Crippen LogP contribution in [0.1, 0.15) is 16.7 Å². The smallest absolute Gasteiger partial charge is 0.0588 e. The Hall–Kier alpha value is -0.860. The minimum atomic E-state index is 0.604. The van der Waals surface area contributed by atoms with Crippen LogP contribution in [0.25, 0.3) is 0 Å². The van der Waals surface area contributed by atoms with Crippen LogP contribution in [0.4, 0.5) is 0 Å². The predicted molar refractivity (Wildman–Crippen MR) is 59.5 cm³/mol. The molecule has 0 saturated carbocycles. The van der Waals surface area contributed by atoms with Crippen LogP contribution >= 0.6 is 0 Å². The Bertz CT molecular complexity index is 284. The van der Waals surface area contributed by atoms with Crippen LogP contribution in [0.15, 0.2) is 18.2 Å². The summed E-state index contributed by atoms with van der Waals surface area (Å²) in [5, 5.41) is 0. The predicted octanol–water partition coefficient (Wildman–Crippen LogP) is 1.82. The number of ether oxygens (including phenoxy) is 1. The van der Waals surface area contributed by atoms with Gasteiger partial charge in [0.15, 0.2) is 0 Å². The van der Waals surface area contributed by atoms with Crippen LogP contribution in [0.3, 0.4) is 0 Å². The minimum absolute atomic E-state index is 0.604. The number of hydrogen-bond acceptors (Lipinski definition) is 2. The quantitative estimate of drug-likeness (QED) is 0.724. The van der Waals surface area contributed by atoms with Crippen molar-refractivity contribution in [1.29, 1.82) is 0 Å². The Balaban J connectivity index is 2.46. The first-order valence-electron chi connectivity index (χ1n) is 5.08. The molecule has 0 aliphatic rings. The second-order valence-corrected chi connectivity index (χ2v) is 3.51. The lowest BCUT2D eigenvalue weighted by Gasteiger charge is -2.08. The fraction of sp³-hybridized carbons (Fsp3) is 0.500. The summed E-state index contributed by atoms with van der Waals surface area (Å²) in [6, 6.07) is 6.40. The highest BCUT2D eigenvalue weighted by molar-refractivity contribution is 5.33. The van der Waals surface area contributed by atoms with E-state index in [2.05, 4.69) is 32.0 Å². The summed E-state index contributed by atoms with van der Waals surface area (Å²) in [6.07, 6.45) is 0.980. The molecule has 0 aliphatic carbocycles. The summed E-state index contributed by atoms with van der Waals surface area (Å²) in [4.78, 5) is 0. The van der Waals surface area contributed by atoms with E-state index in [1.807, 2.05) is 0 Å². The molecule has 0 atom stereocenters. The summed E-state index contributed by atoms with van der Waals surface area (Å²) in [5.74, 6) is 0. The summed E-state index contributed by atoms with van der Waals surface area (Å²) < 4.78 is 5.36. The van der Waals surface area contributed by atoms with Gasteiger partial charge in [0.2, 0.25) is 0 Å². The average Bonchev–Trinajstić information content (AvgIpc) is 2.19. The van der Waals surface area contributed by atoms with E-state index >= 15 is 0 Å². The van der Waals surface area contributed by atoms with Crippen LogP contribution in [-0.2, 0) is 11.2 Å². The van der Waals surface area contributed by atoms with Crippen LogP contribution in [0.5, 0.6) is 0 Å². The Morgan fingerprint density at radius 3 is 2.71 bits per heavy atom. The van der Waals surface area contributed by atoms with Crippen molar-refractivity contribution in [3.8, 4) is 0 Å². The first-order valence-corrected chi connectivity index (χ1v) is 5.08. The maximum atomic E-state index is 5.36. The number of hydrogen-bond donors (Lipinski definition) is 1. The van der Waals surface area contributed by atoms with Crippen molar-refractivity contribution in [3.63, 3.8) is 0 Å². The molecule has 0 amide bonds. The molecule has 1 rings (SSSR count). The van der Waals surface area contributed by atoms with Gasteiger partial charge < -0.3 is 10.5 Å². The summed E-state index contributed by atoms with van der Waals surface area (Å²) in [6.45, 7) is 6.33. The number of nitrogens with two attached hydrogens (primary N) is 1. The standard InChI is InChI=1S/C12H19NO/c1-10-4-3-5-12(11(10)2)6-8-14-9-7-13/h3-5H,6-9,13H2,1-2H3. The van der Waals surface area contributed by atoms with Crippen LogP contribution in [-0.4, -0.2) is 19.8 Å². The van der Waals surface area contributed by atoms with E-state index in [9.17, 15) is 0 Å². The van der Waals surface area contributed by atoms with Gasteiger partial charge in [0, 0.05) is 6.54 Å². The maximum absolute atomic E-state index is 5.36. The van der Waals surface area contributed by atoms with E-state index in [-0.39, 0.29) is 0 Å². The normalized spacial score (nSPS) is 10.5. The third-order valence-corrected chi connectivity index (χ3v) is 2.49. The SMILES string of the molecule is Cc1cccc(CCOCCN)c1C. The molecule has 14 heavy (non-hydrogen) atoms. The van der Waals surface area contributed by atoms with Gasteiger partial charge in [-0.15, -0.1) is 0 Å². The highest BCUT2D eigenvalue weighted by atomic mass is 16.5. The molecular weight excluding hydrogens is 174 g/mol. The van der Waals surface area contributed by atoms with Crippen LogP contribution in [0, 0.1) is 13.8 Å². The Labute approximate surface area is 86.1 Å². The maximum Gasteiger partial charge on any atom is 0.0588 e. The molecule has 2 N–H and O–H groups in total. The molecule has 1 aromatic rings. The fourth-order valence-corrected chi connectivity index (χ4v) is 1.45. The number of benzene rings is 1. The third-order valence-electron chi connectivity index (χ3n) is 2.49. The van der Waals surface area contributed by atoms with E-state index in [0.29, 0.717) is 13.2 Å². The van der Waals surface area contributed by atoms with Crippen molar-refractivity contribution >= 4 is 0 Å². The first-order chi connectivity index (χ1) is 6.75. The van der Waals surface area contributed by atoms with Crippen LogP contribution in [0.2, 0.25) is 0 Å². The molecule has 2 heteroatoms. The molecule has 0 spiro atoms. The molecule has 0 aliphatic heterocycles. The summed E-state index contributed by atoms with van der Waals surface area (Å²) in [5.41, 5.74) is 9.44. The molecule has 0 bridgehead atoms. The zero-order valence-corrected chi connectivity index (χ0v) is 9.05. The Kier molecular flexibility index (Phi) is 4.63. The van der Waals surface area contributed by atoms with Crippen molar-refractivity contribution in [1.82, 2.24) is 0 Å². The van der Waals surface area contributed by atoms with Gasteiger partial charge >= 0.3 is 0 Å². The van der Waals surface area contributed by atoms with E-state index < -0.39 is 0 Å². The molecule has 1 aromatic carbocycles. The van der Waals surface area contributed by atoms with E-state index in [4.69, 9.17) is 10.5 Å². The van der Waals surface area contributed by atoms with Gasteiger partial charge in [-0.3, -0.25) is 0 Å². The van der Waals surface area contributed by atoms with Gasteiger partial charge in [0.05, 0.1) is 13.2 Å². The second kappa shape index (κ2) is 5.78. The molecule has 0 fully saturated rings. The molecule has 0 aromatic heterocycles. The highest BCUT2D eigenvalue weighted by Gasteiger charge is 1.99. The molecule has 0 saturated heterocycles. The van der Waals surface area contributed by atoms with Gasteiger partial charge in [-0.2, -0.15) is 0 Å². The van der Waals surface area contributed by atoms with Gasteiger partial charge in [0.25, 0.3) is 0 Å². The van der Waals surface area contributed by atoms with Gasteiger partial charge in [-0.1, -0.05) is 18.2 Å². The molecule has 2 nitrogen and oxygen atoms in total. The third kappa shape index (κ3) is 3.13. The number of rotatable bonds is 5. The number of aryl methyl sites for hydroxylation is 1. The summed E-state index contributed by atoms with van der Waals surface area (Å²) >= 11 is 0. The lowest BCUT2D eigenvalue weighted by molar-refractivity contribution is 0.144. The highest BCUT2D eigenvalue weighted by Crippen LogP contribution is 2.12. The minimum Gasteiger partial charge on any atom is -0.380 e. The molecule has 0 radical (unpaired) electrons. The largest absolute Gasteiger partial charge is 0.380 e. The van der Waals surface area contributed by atoms with Crippen LogP contribution < -0.4 is 5.73 Å². The summed E-state index contributed by atoms with van der Waals surface area (Å²) in [7, 11) is 0. The van der Waals surface area contributed by atoms with Crippen molar-refractivity contribution in [2.75, 3.05) is 19.8 Å². The van der Waals surface area contributed by atoms with Crippen molar-refractivity contribution in [2.24, 2.45) is 5.73 Å². The first kappa shape index (κ1) is 11.2. The molecule has 78 valence electrons. The fourth-order valence-electron chi connectivity index (χ4n) is 1.45. The van der Waals surface area contributed by atoms with Gasteiger partial charge in [0.1, 0.15) is 0 Å². The van der Waals surface area contributed by atoms with Gasteiger partial charge in [-0.25, -0.2) is 0 Å². The van der Waals surface area contributed by atoms with Crippen molar-refractivity contribution < 1.29 is 4.74 Å². The van der Waals surface area contributed by atoms with E-state index in [0.717, 1.165) is 13.0 Å². The Morgan fingerprint density at radius 2 is 2.00 bits per heavy atom. The molecule has 0 heterocycles. The topological polar surface area (TPSA) is 35.2 Å². The lowest BCUT2D eigenvalue weighted by Crippen LogP contribution is -2.10. The van der Waals surface area contributed by atoms with E-state index in [1.165, 1.54) is 16.7 Å². The van der Waals surface area contributed by atoms with Crippen molar-refractivity contribution in [3.05, 3.63) is 34.9 Å².